The van der Waals surface area contributed by atoms with E-state index in [1.54, 1.807) is 17.1 Å². The number of rotatable bonds is 4. The summed E-state index contributed by atoms with van der Waals surface area (Å²) in [6, 6.07) is 16.1. The van der Waals surface area contributed by atoms with Gasteiger partial charge in [-0.3, -0.25) is 9.78 Å². The Morgan fingerprint density at radius 3 is 2.55 bits per heavy atom. The second-order valence-electron chi connectivity index (χ2n) is 9.84. The molecule has 0 saturated carbocycles. The molecule has 0 N–H and O–H groups in total. The normalized spacial score (nSPS) is 15.2. The van der Waals surface area contributed by atoms with Crippen LogP contribution in [0.2, 0.25) is 0 Å². The third kappa shape index (κ3) is 3.89. The summed E-state index contributed by atoms with van der Waals surface area (Å²) in [7, 11) is 0. The third-order valence-electron chi connectivity index (χ3n) is 7.69. The van der Waals surface area contributed by atoms with Crippen molar-refractivity contribution in [3.63, 3.8) is 0 Å². The maximum atomic E-state index is 13.8. The lowest BCUT2D eigenvalue weighted by Gasteiger charge is -2.32. The lowest BCUT2D eigenvalue weighted by molar-refractivity contribution is 0.0713. The number of furan rings is 1. The molecule has 1 saturated heterocycles. The largest absolute Gasteiger partial charge is 0.463 e. The summed E-state index contributed by atoms with van der Waals surface area (Å²) in [5.41, 5.74) is 6.78. The second-order valence-corrected chi connectivity index (χ2v) is 9.84. The van der Waals surface area contributed by atoms with Crippen LogP contribution in [0.1, 0.15) is 45.8 Å². The van der Waals surface area contributed by atoms with Gasteiger partial charge in [0, 0.05) is 37.2 Å². The number of hydrogen-bond acceptors (Lipinski definition) is 6. The minimum Gasteiger partial charge on any atom is -0.463 e. The first-order valence-electron chi connectivity index (χ1n) is 13.0. The van der Waals surface area contributed by atoms with Crippen LogP contribution in [-0.2, 0) is 12.8 Å². The van der Waals surface area contributed by atoms with E-state index >= 15 is 0 Å². The number of pyridine rings is 1. The molecule has 5 aromatic rings. The highest BCUT2D eigenvalue weighted by Crippen LogP contribution is 2.34. The molecule has 0 unspecified atom stereocenters. The van der Waals surface area contributed by atoms with E-state index in [0.29, 0.717) is 42.0 Å². The van der Waals surface area contributed by atoms with Gasteiger partial charge < -0.3 is 9.32 Å². The standard InChI is InChI=1S/C30H26N6O2/c37-29(35-15-11-21(12-16-35)20-9-13-31-14-10-20)25-19-33-36(28(25)26-6-3-17-38-26)30-32-18-23-8-7-22-4-1-2-5-24(22)27(23)34-30/h1-6,9-10,13-14,17-19,21H,7-8,11-12,15-16H2. The van der Waals surface area contributed by atoms with Crippen LogP contribution in [0.4, 0.5) is 0 Å². The predicted molar refractivity (Wildman–Crippen MR) is 142 cm³/mol. The van der Waals surface area contributed by atoms with Crippen molar-refractivity contribution in [2.24, 2.45) is 0 Å². The summed E-state index contributed by atoms with van der Waals surface area (Å²) in [4.78, 5) is 29.4. The lowest BCUT2D eigenvalue weighted by atomic mass is 9.90. The minimum atomic E-state index is -0.0564. The van der Waals surface area contributed by atoms with Gasteiger partial charge in [0.1, 0.15) is 5.69 Å². The number of nitrogens with zero attached hydrogens (tertiary/aromatic N) is 6. The van der Waals surface area contributed by atoms with Crippen molar-refractivity contribution in [3.8, 4) is 28.7 Å². The summed E-state index contributed by atoms with van der Waals surface area (Å²) < 4.78 is 7.40. The first-order valence-corrected chi connectivity index (χ1v) is 13.0. The number of amides is 1. The highest BCUT2D eigenvalue weighted by atomic mass is 16.3. The zero-order valence-electron chi connectivity index (χ0n) is 20.8. The quantitative estimate of drug-likeness (QED) is 0.340. The van der Waals surface area contributed by atoms with E-state index in [9.17, 15) is 4.79 Å². The van der Waals surface area contributed by atoms with Gasteiger partial charge in [0.05, 0.1) is 23.7 Å². The van der Waals surface area contributed by atoms with Crippen LogP contribution in [-0.4, -0.2) is 48.6 Å². The highest BCUT2D eigenvalue weighted by Gasteiger charge is 2.30. The molecule has 4 aromatic heterocycles. The SMILES string of the molecule is O=C(c1cnn(-c2ncc3c(n2)-c2ccccc2CC3)c1-c1ccco1)N1CCC(c2ccncc2)CC1. The molecule has 2 aliphatic rings. The van der Waals surface area contributed by atoms with Crippen LogP contribution < -0.4 is 0 Å². The molecule has 38 heavy (non-hydrogen) atoms. The lowest BCUT2D eigenvalue weighted by Crippen LogP contribution is -2.38. The third-order valence-corrected chi connectivity index (χ3v) is 7.69. The zero-order valence-corrected chi connectivity index (χ0v) is 20.8. The summed E-state index contributed by atoms with van der Waals surface area (Å²) in [5.74, 6) is 1.35. The Morgan fingerprint density at radius 1 is 0.921 bits per heavy atom. The van der Waals surface area contributed by atoms with Crippen molar-refractivity contribution in [2.75, 3.05) is 13.1 Å². The highest BCUT2D eigenvalue weighted by molar-refractivity contribution is 5.99. The Morgan fingerprint density at radius 2 is 1.74 bits per heavy atom. The number of piperidine rings is 1. The molecule has 8 nitrogen and oxygen atoms in total. The van der Waals surface area contributed by atoms with Gasteiger partial charge in [-0.25, -0.2) is 9.97 Å². The van der Waals surface area contributed by atoms with E-state index in [0.717, 1.165) is 42.5 Å². The molecular formula is C30H26N6O2. The zero-order chi connectivity index (χ0) is 25.5. The van der Waals surface area contributed by atoms with Gasteiger partial charge in [0.15, 0.2) is 5.76 Å². The van der Waals surface area contributed by atoms with Crippen LogP contribution in [0, 0.1) is 0 Å². The molecule has 0 atom stereocenters. The van der Waals surface area contributed by atoms with Crippen molar-refractivity contribution in [2.45, 2.75) is 31.6 Å². The number of likely N-dealkylation sites (tertiary alicyclic amines) is 1. The summed E-state index contributed by atoms with van der Waals surface area (Å²) in [5, 5.41) is 4.60. The molecule has 1 amide bonds. The topological polar surface area (TPSA) is 89.9 Å². The molecule has 7 rings (SSSR count). The molecule has 0 spiro atoms. The van der Waals surface area contributed by atoms with E-state index in [4.69, 9.17) is 9.40 Å². The monoisotopic (exact) mass is 502 g/mol. The molecule has 0 bridgehead atoms. The van der Waals surface area contributed by atoms with E-state index in [-0.39, 0.29) is 5.91 Å². The van der Waals surface area contributed by atoms with Gasteiger partial charge in [-0.2, -0.15) is 9.78 Å². The fourth-order valence-electron chi connectivity index (χ4n) is 5.68. The first-order chi connectivity index (χ1) is 18.8. The Labute approximate surface area is 220 Å². The van der Waals surface area contributed by atoms with E-state index in [1.165, 1.54) is 11.1 Å². The van der Waals surface area contributed by atoms with E-state index in [2.05, 4.69) is 45.4 Å². The van der Waals surface area contributed by atoms with Crippen LogP contribution in [0.5, 0.6) is 0 Å². The van der Waals surface area contributed by atoms with Gasteiger partial charge in [-0.15, -0.1) is 0 Å². The number of aromatic nitrogens is 5. The summed E-state index contributed by atoms with van der Waals surface area (Å²) >= 11 is 0. The number of aryl methyl sites for hydroxylation is 2. The van der Waals surface area contributed by atoms with Crippen LogP contribution >= 0.6 is 0 Å². The maximum absolute atomic E-state index is 13.8. The van der Waals surface area contributed by atoms with Crippen LogP contribution in [0.15, 0.2) is 84.0 Å². The van der Waals surface area contributed by atoms with Gasteiger partial charge in [0.2, 0.25) is 0 Å². The fraction of sp³-hybridized carbons (Fsp3) is 0.233. The van der Waals surface area contributed by atoms with Gasteiger partial charge in [-0.1, -0.05) is 24.3 Å². The number of fused-ring (bicyclic) bond motifs is 3. The van der Waals surface area contributed by atoms with Gasteiger partial charge in [0.25, 0.3) is 11.9 Å². The molecule has 1 aromatic carbocycles. The Hall–Kier alpha value is -4.59. The molecule has 1 aliphatic heterocycles. The number of hydrogen-bond donors (Lipinski definition) is 0. The molecule has 188 valence electrons. The second kappa shape index (κ2) is 9.37. The summed E-state index contributed by atoms with van der Waals surface area (Å²) in [6.45, 7) is 1.36. The van der Waals surface area contributed by atoms with Crippen molar-refractivity contribution in [3.05, 3.63) is 102 Å². The van der Waals surface area contributed by atoms with E-state index < -0.39 is 0 Å². The molecule has 1 aliphatic carbocycles. The molecule has 8 heteroatoms. The Balaban J connectivity index is 1.23. The molecular weight excluding hydrogens is 476 g/mol. The molecule has 5 heterocycles. The van der Waals surface area contributed by atoms with E-state index in [1.807, 2.05) is 41.7 Å². The fourth-order valence-corrected chi connectivity index (χ4v) is 5.68. The van der Waals surface area contributed by atoms with Gasteiger partial charge in [-0.05, 0) is 72.6 Å². The average Bonchev–Trinajstić information content (AvgIpc) is 3.67. The van der Waals surface area contributed by atoms with Crippen LogP contribution in [0.25, 0.3) is 28.7 Å². The predicted octanol–water partition coefficient (Wildman–Crippen LogP) is 5.10. The minimum absolute atomic E-state index is 0.0564. The van der Waals surface area contributed by atoms with Crippen LogP contribution in [0.3, 0.4) is 0 Å². The molecule has 0 radical (unpaired) electrons. The Kier molecular flexibility index (Phi) is 5.57. The van der Waals surface area contributed by atoms with Crippen molar-refractivity contribution < 1.29 is 9.21 Å². The van der Waals surface area contributed by atoms with Gasteiger partial charge >= 0.3 is 0 Å². The van der Waals surface area contributed by atoms with Crippen molar-refractivity contribution >= 4 is 5.91 Å². The smallest absolute Gasteiger partial charge is 0.257 e. The number of carbonyl (C=O) groups is 1. The van der Waals surface area contributed by atoms with Crippen molar-refractivity contribution in [1.29, 1.82) is 0 Å². The Bertz CT molecular complexity index is 1600. The van der Waals surface area contributed by atoms with Crippen molar-refractivity contribution in [1.82, 2.24) is 29.6 Å². The average molecular weight is 503 g/mol. The maximum Gasteiger partial charge on any atom is 0.257 e. The first kappa shape index (κ1) is 22.6. The summed E-state index contributed by atoms with van der Waals surface area (Å²) in [6.07, 6.45) is 12.5. The number of benzene rings is 1. The molecule has 1 fully saturated rings. The number of carbonyl (C=O) groups excluding carboxylic acids is 1.